The molecule has 4 aromatic carbocycles. The van der Waals surface area contributed by atoms with Crippen molar-refractivity contribution in [3.05, 3.63) is 119 Å². The number of likely N-dealkylation sites (tertiary alicyclic amines) is 2. The van der Waals surface area contributed by atoms with E-state index < -0.39 is 53.5 Å². The van der Waals surface area contributed by atoms with E-state index in [1.165, 1.54) is 14.1 Å². The van der Waals surface area contributed by atoms with E-state index >= 15 is 0 Å². The normalized spacial score (nSPS) is 17.4. The van der Waals surface area contributed by atoms with Crippen molar-refractivity contribution < 1.29 is 72.7 Å². The van der Waals surface area contributed by atoms with Crippen molar-refractivity contribution in [1.82, 2.24) is 50.2 Å². The summed E-state index contributed by atoms with van der Waals surface area (Å²) in [5.41, 5.74) is 16.9. The second-order valence-corrected chi connectivity index (χ2v) is 26.0. The van der Waals surface area contributed by atoms with Crippen LogP contribution in [0.4, 0.5) is 23.0 Å². The third kappa shape index (κ3) is 17.8. The Balaban J connectivity index is 0.000000185. The number of ether oxygens (including phenoxy) is 2. The largest absolute Gasteiger partial charge is 0.507 e. The molecule has 6 aliphatic rings. The molecule has 6 aromatic rings. The van der Waals surface area contributed by atoms with Crippen molar-refractivity contribution in [2.45, 2.75) is 128 Å². The maximum atomic E-state index is 13.3. The van der Waals surface area contributed by atoms with Crippen molar-refractivity contribution in [2.75, 3.05) is 101 Å². The first-order valence-corrected chi connectivity index (χ1v) is 35.1. The van der Waals surface area contributed by atoms with Crippen LogP contribution in [0.5, 0.6) is 23.0 Å². The number of phenolic OH excluding ortho intramolecular Hbond substituents is 2. The molecule has 8 N–H and O–H groups in total. The van der Waals surface area contributed by atoms with Gasteiger partial charge in [-0.3, -0.25) is 67.5 Å². The molecule has 29 nitrogen and oxygen atoms in total. The molecule has 2 atom stereocenters. The zero-order chi connectivity index (χ0) is 73.3. The minimum atomic E-state index is -1.00. The number of aliphatic carboxylic acids is 1. The summed E-state index contributed by atoms with van der Waals surface area (Å²) in [6, 6.07) is 25.5. The molecule has 103 heavy (non-hydrogen) atoms. The second-order valence-electron chi connectivity index (χ2n) is 26.0. The number of aromatic nitrogens is 4. The Kier molecular flexibility index (Phi) is 25.3. The molecule has 29 heteroatoms. The number of hydrogen-bond donors (Lipinski definition) is 6. The lowest BCUT2D eigenvalue weighted by atomic mass is 10.0. The molecule has 2 aromatic heterocycles. The molecular weight excluding hydrogens is 1320 g/mol. The fourth-order valence-electron chi connectivity index (χ4n) is 13.4. The fourth-order valence-corrected chi connectivity index (χ4v) is 13.4. The molecule has 2 unspecified atom stereocenters. The van der Waals surface area contributed by atoms with Gasteiger partial charge in [0.05, 0.1) is 58.2 Å². The van der Waals surface area contributed by atoms with Gasteiger partial charge in [0.2, 0.25) is 17.7 Å². The van der Waals surface area contributed by atoms with Gasteiger partial charge in [0, 0.05) is 103 Å². The van der Waals surface area contributed by atoms with Crippen LogP contribution in [0.25, 0.3) is 22.5 Å². The average Bonchev–Trinajstić information content (AvgIpc) is 1.64. The highest BCUT2D eigenvalue weighted by Gasteiger charge is 2.49. The summed E-state index contributed by atoms with van der Waals surface area (Å²) >= 11 is 0. The van der Waals surface area contributed by atoms with Crippen LogP contribution in [-0.2, 0) is 28.8 Å². The number of hydrogen-bond acceptors (Lipinski definition) is 23. The molecular formula is C74H88N14O15. The van der Waals surface area contributed by atoms with Crippen molar-refractivity contribution in [1.29, 1.82) is 0 Å². The zero-order valence-electron chi connectivity index (χ0n) is 58.0. The number of amides is 9. The van der Waals surface area contributed by atoms with Gasteiger partial charge in [-0.25, -0.2) is 0 Å². The maximum Gasteiger partial charge on any atom is 0.303 e. The number of benzene rings is 4. The van der Waals surface area contributed by atoms with Crippen molar-refractivity contribution in [2.24, 2.45) is 0 Å². The molecule has 9 amide bonds. The Morgan fingerprint density at radius 1 is 0.485 bits per heavy atom. The number of likely N-dealkylation sites (N-methyl/N-ethyl adjacent to an activating group) is 2. The van der Waals surface area contributed by atoms with Crippen molar-refractivity contribution in [3.8, 4) is 45.5 Å². The van der Waals surface area contributed by atoms with Gasteiger partial charge in [0.25, 0.3) is 35.4 Å². The molecule has 0 bridgehead atoms. The first kappa shape index (κ1) is 74.6. The number of carbonyl (C=O) groups is 10. The summed E-state index contributed by atoms with van der Waals surface area (Å²) in [4.78, 5) is 135. The summed E-state index contributed by atoms with van der Waals surface area (Å²) < 4.78 is 11.7. The predicted molar refractivity (Wildman–Crippen MR) is 380 cm³/mol. The van der Waals surface area contributed by atoms with E-state index in [1.807, 2.05) is 35.2 Å². The first-order chi connectivity index (χ1) is 49.7. The van der Waals surface area contributed by atoms with Crippen molar-refractivity contribution in [3.63, 3.8) is 0 Å². The Morgan fingerprint density at radius 2 is 0.883 bits per heavy atom. The third-order valence-electron chi connectivity index (χ3n) is 19.2. The number of carboxylic acids is 1. The summed E-state index contributed by atoms with van der Waals surface area (Å²) in [6.07, 6.45) is 11.7. The smallest absolute Gasteiger partial charge is 0.303 e. The minimum Gasteiger partial charge on any atom is -0.507 e. The number of carbonyl (C=O) groups excluding carboxylic acids is 9. The van der Waals surface area contributed by atoms with E-state index in [1.54, 1.807) is 66.7 Å². The van der Waals surface area contributed by atoms with Crippen LogP contribution in [0, 0.1) is 0 Å². The van der Waals surface area contributed by atoms with Crippen LogP contribution in [-0.4, -0.2) is 211 Å². The third-order valence-corrected chi connectivity index (χ3v) is 19.2. The lowest BCUT2D eigenvalue weighted by molar-refractivity contribution is -0.151. The number of piperidine rings is 2. The van der Waals surface area contributed by atoms with E-state index in [4.69, 9.17) is 26.0 Å². The summed E-state index contributed by atoms with van der Waals surface area (Å²) in [6.45, 7) is 6.80. The van der Waals surface area contributed by atoms with Gasteiger partial charge in [-0.05, 0) is 99.2 Å². The van der Waals surface area contributed by atoms with Gasteiger partial charge < -0.3 is 56.3 Å². The number of nitrogens with zero attached hydrogens (tertiary/aromatic N) is 11. The first-order valence-electron chi connectivity index (χ1n) is 35.1. The molecule has 4 saturated heterocycles. The zero-order valence-corrected chi connectivity index (χ0v) is 58.0. The fraction of sp³-hybridized carbons (Fsp3) is 0.432. The maximum absolute atomic E-state index is 13.3. The van der Waals surface area contributed by atoms with Crippen LogP contribution in [0.15, 0.2) is 97.1 Å². The molecule has 0 spiro atoms. The van der Waals surface area contributed by atoms with Crippen LogP contribution in [0.2, 0.25) is 0 Å². The molecule has 12 rings (SSSR count). The average molecular weight is 1410 g/mol. The van der Waals surface area contributed by atoms with Gasteiger partial charge in [0.1, 0.15) is 35.1 Å². The number of unbranched alkanes of at least 4 members (excludes halogenated alkanes) is 10. The SMILES string of the molecule is CN1C(=O)CCC(N2C(=O)c3cccc(OCCCCCCCCC(=O)N4CCN(c5cc(-c6ccccc6O)nnc5N)CC4)c3C2=O)C1=O.CN1C(=O)CCC(N2C(=O)c3cccc(OCCCCCCCCC(=O)O)c3C2=O)C1=O.Nc1nnc(-c2ccccc2O)cc1N1CCNCC1. The van der Waals surface area contributed by atoms with E-state index in [-0.39, 0.29) is 83.6 Å². The standard InChI is InChI=1S/C37H43N7O7.C23H28N2O7.C14H17N5O/c1-41-31(46)17-16-27(36(41)49)44-35(48)25-12-10-14-30(33(25)37(44)50)51-22-9-5-3-2-4-6-15-32(47)43-20-18-42(19-21-43)28-23-26(39-40-34(28)38)24-11-7-8-13-29(24)45;1-24-18(26)13-12-16(22(24)30)25-21(29)15-9-8-10-17(20(15)23(25)31)32-14-7-5-3-2-4-6-11-19(27)28;15-14-12(19-7-5-16-6-8-19)9-11(17-18-14)10-3-1-2-4-13(10)20/h7-8,10-14,23,27,45H,2-6,9,15-22H2,1H3,(H2,38,40);8-10,16H,2-7,11-14H2,1H3,(H,27,28);1-4,9,16,20H,5-8H2,(H2,15,18). The number of nitrogens with one attached hydrogen (secondary N) is 1. The number of para-hydroxylation sites is 2. The van der Waals surface area contributed by atoms with Gasteiger partial charge >= 0.3 is 5.97 Å². The monoisotopic (exact) mass is 1410 g/mol. The molecule has 0 radical (unpaired) electrons. The molecule has 544 valence electrons. The number of anilines is 4. The van der Waals surface area contributed by atoms with Crippen molar-refractivity contribution >= 4 is 82.1 Å². The highest BCUT2D eigenvalue weighted by atomic mass is 16.5. The number of piperazine rings is 2. The number of carboxylic acid groups (broad SMARTS) is 1. The molecule has 4 fully saturated rings. The van der Waals surface area contributed by atoms with Gasteiger partial charge in [-0.1, -0.05) is 87.8 Å². The number of imide groups is 4. The van der Waals surface area contributed by atoms with Crippen LogP contribution in [0.3, 0.4) is 0 Å². The van der Waals surface area contributed by atoms with E-state index in [0.717, 1.165) is 128 Å². The molecule has 0 aliphatic carbocycles. The number of nitrogen functional groups attached to an aromatic ring is 2. The van der Waals surface area contributed by atoms with E-state index in [9.17, 15) is 58.2 Å². The Bertz CT molecular complexity index is 4140. The minimum absolute atomic E-state index is 0.0877. The molecule has 8 heterocycles. The number of phenols is 2. The number of nitrogens with two attached hydrogens (primary N) is 2. The van der Waals surface area contributed by atoms with E-state index in [2.05, 4.69) is 35.5 Å². The quantitative estimate of drug-likeness (QED) is 0.0233. The molecule has 0 saturated carbocycles. The second kappa shape index (κ2) is 35.0. The van der Waals surface area contributed by atoms with Gasteiger partial charge in [0.15, 0.2) is 11.6 Å². The summed E-state index contributed by atoms with van der Waals surface area (Å²) in [7, 11) is 2.72. The van der Waals surface area contributed by atoms with E-state index in [0.29, 0.717) is 97.9 Å². The summed E-state index contributed by atoms with van der Waals surface area (Å²) in [5.74, 6) is -2.94. The summed E-state index contributed by atoms with van der Waals surface area (Å²) in [5, 5.41) is 48.4. The number of fused-ring (bicyclic) bond motifs is 2. The number of aromatic hydroxyl groups is 2. The Labute approximate surface area is 596 Å². The number of rotatable bonds is 26. The topological polar surface area (TPSA) is 388 Å². The Morgan fingerprint density at radius 3 is 1.32 bits per heavy atom. The van der Waals surface area contributed by atoms with Gasteiger partial charge in [-0.2, -0.15) is 0 Å². The Hall–Kier alpha value is -11.1. The lowest BCUT2D eigenvalue weighted by Gasteiger charge is -2.36. The van der Waals surface area contributed by atoms with Crippen LogP contribution in [0.1, 0.15) is 157 Å². The molecule has 6 aliphatic heterocycles. The predicted octanol–water partition coefficient (Wildman–Crippen LogP) is 7.10. The van der Waals surface area contributed by atoms with Crippen LogP contribution >= 0.6 is 0 Å². The van der Waals surface area contributed by atoms with Crippen LogP contribution < -0.4 is 36.1 Å². The highest BCUT2D eigenvalue weighted by Crippen LogP contribution is 2.38. The highest BCUT2D eigenvalue weighted by molar-refractivity contribution is 6.25. The van der Waals surface area contributed by atoms with Gasteiger partial charge in [-0.15, -0.1) is 20.4 Å². The lowest BCUT2D eigenvalue weighted by Crippen LogP contribution is -2.54.